The summed E-state index contributed by atoms with van der Waals surface area (Å²) in [6.45, 7) is 4.42. The van der Waals surface area contributed by atoms with E-state index in [1.54, 1.807) is 0 Å². The molecule has 0 aliphatic heterocycles. The Morgan fingerprint density at radius 1 is 1.11 bits per heavy atom. The number of carbonyl (C=O) groups is 1. The van der Waals surface area contributed by atoms with Crippen molar-refractivity contribution in [1.82, 2.24) is 0 Å². The monoisotopic (exact) mass is 240 g/mol. The van der Waals surface area contributed by atoms with Crippen LogP contribution >= 0.6 is 0 Å². The van der Waals surface area contributed by atoms with Crippen molar-refractivity contribution in [2.45, 2.75) is 32.1 Å². The summed E-state index contributed by atoms with van der Waals surface area (Å²) >= 11 is 0. The molecule has 2 aliphatic rings. The van der Waals surface area contributed by atoms with Gasteiger partial charge in [0.25, 0.3) is 0 Å². The van der Waals surface area contributed by atoms with E-state index in [0.29, 0.717) is 23.7 Å². The molecule has 0 amide bonds. The van der Waals surface area contributed by atoms with Crippen LogP contribution in [0.25, 0.3) is 0 Å². The maximum atomic E-state index is 11.3. The van der Waals surface area contributed by atoms with Crippen molar-refractivity contribution < 1.29 is 4.79 Å². The van der Waals surface area contributed by atoms with Crippen LogP contribution in [0.15, 0.2) is 36.4 Å². The fourth-order valence-electron chi connectivity index (χ4n) is 3.62. The van der Waals surface area contributed by atoms with Crippen LogP contribution in [-0.2, 0) is 4.79 Å². The van der Waals surface area contributed by atoms with E-state index in [4.69, 9.17) is 0 Å². The second-order valence-electron chi connectivity index (χ2n) is 6.01. The van der Waals surface area contributed by atoms with Gasteiger partial charge in [-0.15, -0.1) is 0 Å². The molecule has 1 aromatic rings. The van der Waals surface area contributed by atoms with Gasteiger partial charge in [0, 0.05) is 11.8 Å². The third-order valence-electron chi connectivity index (χ3n) is 4.67. The fourth-order valence-corrected chi connectivity index (χ4v) is 3.62. The first-order valence-corrected chi connectivity index (χ1v) is 6.94. The second kappa shape index (κ2) is 4.38. The smallest absolute Gasteiger partial charge is 0.124 e. The third kappa shape index (κ3) is 1.73. The molecule has 0 N–H and O–H groups in total. The van der Waals surface area contributed by atoms with E-state index in [0.717, 1.165) is 0 Å². The first-order valence-electron chi connectivity index (χ1n) is 6.94. The topological polar surface area (TPSA) is 17.1 Å². The first kappa shape index (κ1) is 11.7. The number of rotatable bonds is 3. The van der Waals surface area contributed by atoms with E-state index < -0.39 is 0 Å². The zero-order valence-corrected chi connectivity index (χ0v) is 11.0. The van der Waals surface area contributed by atoms with Crippen molar-refractivity contribution >= 4 is 6.29 Å². The van der Waals surface area contributed by atoms with Crippen molar-refractivity contribution in [2.24, 2.45) is 17.8 Å². The van der Waals surface area contributed by atoms with Crippen LogP contribution in [0.3, 0.4) is 0 Å². The van der Waals surface area contributed by atoms with Crippen molar-refractivity contribution in [3.8, 4) is 0 Å². The molecule has 0 heterocycles. The molecular weight excluding hydrogens is 220 g/mol. The molecular formula is C17H20O. The molecule has 94 valence electrons. The minimum Gasteiger partial charge on any atom is -0.303 e. The number of hydrogen-bond donors (Lipinski definition) is 0. The highest BCUT2D eigenvalue weighted by Gasteiger charge is 2.44. The van der Waals surface area contributed by atoms with Crippen LogP contribution in [0.4, 0.5) is 0 Å². The highest BCUT2D eigenvalue weighted by molar-refractivity contribution is 5.60. The van der Waals surface area contributed by atoms with Crippen LogP contribution in [0.2, 0.25) is 0 Å². The zero-order chi connectivity index (χ0) is 12.7. The average molecular weight is 240 g/mol. The van der Waals surface area contributed by atoms with Crippen molar-refractivity contribution in [3.05, 3.63) is 47.5 Å². The quantitative estimate of drug-likeness (QED) is 0.578. The number of hydrogen-bond acceptors (Lipinski definition) is 1. The Morgan fingerprint density at radius 2 is 1.78 bits per heavy atom. The minimum atomic E-state index is 0.199. The summed E-state index contributed by atoms with van der Waals surface area (Å²) in [6, 6.07) is 8.89. The highest BCUT2D eigenvalue weighted by Crippen LogP contribution is 2.52. The van der Waals surface area contributed by atoms with Gasteiger partial charge >= 0.3 is 0 Å². The lowest BCUT2D eigenvalue weighted by molar-refractivity contribution is -0.112. The number of carbonyl (C=O) groups excluding carboxylic acids is 1. The molecule has 18 heavy (non-hydrogen) atoms. The summed E-state index contributed by atoms with van der Waals surface area (Å²) in [5, 5.41) is 0. The number of aldehydes is 1. The van der Waals surface area contributed by atoms with E-state index in [1.165, 1.54) is 23.8 Å². The number of fused-ring (bicyclic) bond motifs is 2. The Labute approximate surface area is 109 Å². The van der Waals surface area contributed by atoms with Crippen LogP contribution in [-0.4, -0.2) is 6.29 Å². The van der Waals surface area contributed by atoms with E-state index >= 15 is 0 Å². The van der Waals surface area contributed by atoms with Crippen LogP contribution in [0, 0.1) is 17.8 Å². The standard InChI is InChI=1S/C17H20O/c1-11(2)12-3-5-13(6-4-12)17-15-8-7-14(9-15)16(17)10-18/h3-8,10-11,14-17H,9H2,1-2H3/t14-,15+,16-,17-/m0/s1. The van der Waals surface area contributed by atoms with E-state index in [1.807, 2.05) is 0 Å². The maximum Gasteiger partial charge on any atom is 0.124 e. The maximum absolute atomic E-state index is 11.3. The van der Waals surface area contributed by atoms with Gasteiger partial charge in [-0.2, -0.15) is 0 Å². The van der Waals surface area contributed by atoms with E-state index in [9.17, 15) is 4.79 Å². The molecule has 0 aromatic heterocycles. The predicted octanol–water partition coefficient (Wildman–Crippen LogP) is 3.91. The van der Waals surface area contributed by atoms with E-state index in [2.05, 4.69) is 50.3 Å². The third-order valence-corrected chi connectivity index (χ3v) is 4.67. The molecule has 3 rings (SSSR count). The lowest BCUT2D eigenvalue weighted by Crippen LogP contribution is -2.18. The summed E-state index contributed by atoms with van der Waals surface area (Å²) in [7, 11) is 0. The first-order chi connectivity index (χ1) is 8.70. The van der Waals surface area contributed by atoms with Crippen LogP contribution in [0.5, 0.6) is 0 Å². The molecule has 4 atom stereocenters. The molecule has 0 unspecified atom stereocenters. The average Bonchev–Trinajstić information content (AvgIpc) is 2.98. The zero-order valence-electron chi connectivity index (χ0n) is 11.0. The summed E-state index contributed by atoms with van der Waals surface area (Å²) in [5.41, 5.74) is 2.72. The minimum absolute atomic E-state index is 0.199. The summed E-state index contributed by atoms with van der Waals surface area (Å²) < 4.78 is 0. The number of benzene rings is 1. The molecule has 1 saturated carbocycles. The van der Waals surface area contributed by atoms with Crippen molar-refractivity contribution in [1.29, 1.82) is 0 Å². The van der Waals surface area contributed by atoms with Crippen molar-refractivity contribution in [3.63, 3.8) is 0 Å². The number of allylic oxidation sites excluding steroid dienone is 2. The molecule has 1 nitrogen and oxygen atoms in total. The van der Waals surface area contributed by atoms with Gasteiger partial charge in [0.1, 0.15) is 6.29 Å². The lowest BCUT2D eigenvalue weighted by Gasteiger charge is -2.24. The van der Waals surface area contributed by atoms with Gasteiger partial charge in [0.15, 0.2) is 0 Å². The fraction of sp³-hybridized carbons (Fsp3) is 0.471. The normalized spacial score (nSPS) is 33.3. The Morgan fingerprint density at radius 3 is 2.39 bits per heavy atom. The Balaban J connectivity index is 1.90. The van der Waals surface area contributed by atoms with Gasteiger partial charge in [0.05, 0.1) is 0 Å². The Hall–Kier alpha value is -1.37. The van der Waals surface area contributed by atoms with E-state index in [-0.39, 0.29) is 5.92 Å². The molecule has 2 aliphatic carbocycles. The van der Waals surface area contributed by atoms with Gasteiger partial charge in [-0.05, 0) is 35.3 Å². The van der Waals surface area contributed by atoms with Gasteiger partial charge in [-0.3, -0.25) is 0 Å². The summed E-state index contributed by atoms with van der Waals surface area (Å²) in [4.78, 5) is 11.3. The Kier molecular flexibility index (Phi) is 2.85. The molecule has 2 bridgehead atoms. The highest BCUT2D eigenvalue weighted by atomic mass is 16.1. The molecule has 0 saturated heterocycles. The van der Waals surface area contributed by atoms with Gasteiger partial charge in [-0.25, -0.2) is 0 Å². The molecule has 0 radical (unpaired) electrons. The summed E-state index contributed by atoms with van der Waals surface area (Å²) in [6.07, 6.45) is 6.89. The van der Waals surface area contributed by atoms with Crippen LogP contribution in [0.1, 0.15) is 43.2 Å². The predicted molar refractivity (Wildman–Crippen MR) is 73.6 cm³/mol. The van der Waals surface area contributed by atoms with Gasteiger partial charge in [0.2, 0.25) is 0 Å². The lowest BCUT2D eigenvalue weighted by atomic mass is 9.79. The molecule has 1 heteroatoms. The van der Waals surface area contributed by atoms with Crippen LogP contribution < -0.4 is 0 Å². The largest absolute Gasteiger partial charge is 0.303 e. The second-order valence-corrected chi connectivity index (χ2v) is 6.01. The van der Waals surface area contributed by atoms with Crippen molar-refractivity contribution in [2.75, 3.05) is 0 Å². The SMILES string of the molecule is CC(C)c1ccc([C@@H]2[C@@H](C=O)[C@H]3C=C[C@@H]2C3)cc1. The Bertz CT molecular complexity index is 469. The van der Waals surface area contributed by atoms with Gasteiger partial charge in [-0.1, -0.05) is 50.3 Å². The molecule has 0 spiro atoms. The summed E-state index contributed by atoms with van der Waals surface area (Å²) in [5.74, 6) is 2.25. The van der Waals surface area contributed by atoms with Gasteiger partial charge < -0.3 is 4.79 Å². The molecule has 1 fully saturated rings. The molecule has 1 aromatic carbocycles.